The zero-order valence-corrected chi connectivity index (χ0v) is 14.4. The zero-order chi connectivity index (χ0) is 17.1. The zero-order valence-electron chi connectivity index (χ0n) is 14.4. The first kappa shape index (κ1) is 17.1. The number of carbonyl (C=O) groups excluding carboxylic acids is 1. The van der Waals surface area contributed by atoms with Crippen LogP contribution in [-0.4, -0.2) is 34.1 Å². The maximum atomic E-state index is 12.0. The summed E-state index contributed by atoms with van der Waals surface area (Å²) in [5.41, 5.74) is 7.28. The first-order valence-corrected chi connectivity index (χ1v) is 8.88. The second kappa shape index (κ2) is 7.44. The molecule has 1 saturated heterocycles. The van der Waals surface area contributed by atoms with Gasteiger partial charge in [-0.25, -0.2) is 4.98 Å². The molecule has 24 heavy (non-hydrogen) atoms. The molecule has 0 aromatic carbocycles. The number of hydrogen-bond donors (Lipinski definition) is 3. The van der Waals surface area contributed by atoms with Crippen molar-refractivity contribution < 1.29 is 4.79 Å². The summed E-state index contributed by atoms with van der Waals surface area (Å²) >= 11 is 0. The number of hydrogen-bond acceptors (Lipinski definition) is 5. The van der Waals surface area contributed by atoms with Crippen LogP contribution in [-0.2, 0) is 11.3 Å². The molecule has 7 heteroatoms. The van der Waals surface area contributed by atoms with Crippen molar-refractivity contribution in [1.29, 1.82) is 0 Å². The largest absolute Gasteiger partial charge is 0.354 e. The quantitative estimate of drug-likeness (QED) is 0.677. The number of nitrogens with one attached hydrogen (secondary N) is 3. The van der Waals surface area contributed by atoms with Crippen molar-refractivity contribution in [2.24, 2.45) is 5.92 Å². The molecule has 3 N–H and O–H groups in total. The summed E-state index contributed by atoms with van der Waals surface area (Å²) < 4.78 is 1.56. The molecule has 1 saturated carbocycles. The fourth-order valence-electron chi connectivity index (χ4n) is 3.32. The second-order valence-corrected chi connectivity index (χ2v) is 7.04. The number of nitrogens with zero attached hydrogens (tertiary/aromatic N) is 2. The summed E-state index contributed by atoms with van der Waals surface area (Å²) in [4.78, 5) is 28.3. The molecule has 1 aromatic rings. The van der Waals surface area contributed by atoms with E-state index in [4.69, 9.17) is 0 Å². The molecule has 0 bridgehead atoms. The maximum absolute atomic E-state index is 12.0. The molecule has 1 amide bonds. The molecular formula is C17H27N5O2. The van der Waals surface area contributed by atoms with Gasteiger partial charge in [-0.05, 0) is 39.0 Å². The van der Waals surface area contributed by atoms with E-state index in [0.29, 0.717) is 43.4 Å². The van der Waals surface area contributed by atoms with Gasteiger partial charge in [0.2, 0.25) is 5.91 Å². The number of amides is 1. The van der Waals surface area contributed by atoms with Crippen LogP contribution < -0.4 is 21.7 Å². The highest BCUT2D eigenvalue weighted by Crippen LogP contribution is 2.38. The fourth-order valence-corrected chi connectivity index (χ4v) is 3.32. The number of carbonyl (C=O) groups is 1. The highest BCUT2D eigenvalue weighted by atomic mass is 16.1. The van der Waals surface area contributed by atoms with Gasteiger partial charge in [-0.2, -0.15) is 0 Å². The lowest BCUT2D eigenvalue weighted by Crippen LogP contribution is -2.32. The third-order valence-corrected chi connectivity index (χ3v) is 5.10. The Balaban J connectivity index is 1.39. The molecule has 2 unspecified atom stereocenters. The molecule has 132 valence electrons. The SMILES string of the molecule is CC1NNC(C)C1CCC(=O)NCCn1cnc(C2CC2)cc1=O. The lowest BCUT2D eigenvalue weighted by molar-refractivity contribution is -0.121. The lowest BCUT2D eigenvalue weighted by atomic mass is 9.91. The predicted molar refractivity (Wildman–Crippen MR) is 91.4 cm³/mol. The molecule has 0 radical (unpaired) electrons. The van der Waals surface area contributed by atoms with E-state index < -0.39 is 0 Å². The topological polar surface area (TPSA) is 88.0 Å². The van der Waals surface area contributed by atoms with Crippen LogP contribution in [0.15, 0.2) is 17.2 Å². The normalized spacial score (nSPS) is 26.5. The summed E-state index contributed by atoms with van der Waals surface area (Å²) in [6, 6.07) is 2.38. The van der Waals surface area contributed by atoms with E-state index in [9.17, 15) is 9.59 Å². The van der Waals surface area contributed by atoms with Gasteiger partial charge in [0.25, 0.3) is 5.56 Å². The minimum Gasteiger partial charge on any atom is -0.354 e. The van der Waals surface area contributed by atoms with Gasteiger partial charge in [0.05, 0.1) is 12.0 Å². The standard InChI is InChI=1S/C17H27N5O2/c1-11-14(12(2)21-20-11)5-6-16(23)18-7-8-22-10-19-15(9-17(22)24)13-3-4-13/h9-14,20-21H,3-8H2,1-2H3,(H,18,23). The molecule has 1 aromatic heterocycles. The van der Waals surface area contributed by atoms with Crippen molar-refractivity contribution in [2.75, 3.05) is 6.54 Å². The molecule has 7 nitrogen and oxygen atoms in total. The van der Waals surface area contributed by atoms with Crippen LogP contribution in [0.2, 0.25) is 0 Å². The summed E-state index contributed by atoms with van der Waals surface area (Å²) in [6.45, 7) is 5.17. The summed E-state index contributed by atoms with van der Waals surface area (Å²) in [6.07, 6.45) is 5.23. The molecule has 1 aliphatic carbocycles. The van der Waals surface area contributed by atoms with Crippen molar-refractivity contribution >= 4 is 5.91 Å². The molecule has 0 spiro atoms. The van der Waals surface area contributed by atoms with E-state index in [1.165, 1.54) is 0 Å². The van der Waals surface area contributed by atoms with Gasteiger partial charge in [-0.15, -0.1) is 0 Å². The van der Waals surface area contributed by atoms with E-state index in [-0.39, 0.29) is 11.5 Å². The Labute approximate surface area is 142 Å². The van der Waals surface area contributed by atoms with Gasteiger partial charge in [-0.1, -0.05) is 0 Å². The highest BCUT2D eigenvalue weighted by Gasteiger charge is 2.29. The van der Waals surface area contributed by atoms with E-state index in [0.717, 1.165) is 25.0 Å². The first-order valence-electron chi connectivity index (χ1n) is 8.88. The summed E-state index contributed by atoms with van der Waals surface area (Å²) in [5.74, 6) is 0.978. The predicted octanol–water partition coefficient (Wildman–Crippen LogP) is 0.518. The van der Waals surface area contributed by atoms with Crippen LogP contribution in [0.3, 0.4) is 0 Å². The highest BCUT2D eigenvalue weighted by molar-refractivity contribution is 5.75. The van der Waals surface area contributed by atoms with E-state index in [2.05, 4.69) is 35.0 Å². The van der Waals surface area contributed by atoms with Gasteiger partial charge < -0.3 is 5.32 Å². The van der Waals surface area contributed by atoms with Crippen molar-refractivity contribution in [3.05, 3.63) is 28.4 Å². The number of aromatic nitrogens is 2. The van der Waals surface area contributed by atoms with Crippen LogP contribution in [0, 0.1) is 5.92 Å². The van der Waals surface area contributed by atoms with Crippen LogP contribution >= 0.6 is 0 Å². The minimum absolute atomic E-state index is 0.0353. The first-order chi connectivity index (χ1) is 11.5. The Morgan fingerprint density at radius 1 is 1.33 bits per heavy atom. The van der Waals surface area contributed by atoms with Crippen LogP contribution in [0.1, 0.15) is 51.1 Å². The van der Waals surface area contributed by atoms with Gasteiger partial charge >= 0.3 is 0 Å². The van der Waals surface area contributed by atoms with Crippen molar-refractivity contribution in [3.63, 3.8) is 0 Å². The van der Waals surface area contributed by atoms with Crippen LogP contribution in [0.4, 0.5) is 0 Å². The van der Waals surface area contributed by atoms with Gasteiger partial charge in [0, 0.05) is 43.6 Å². The Morgan fingerprint density at radius 3 is 2.67 bits per heavy atom. The molecule has 1 aliphatic heterocycles. The average molecular weight is 333 g/mol. The molecule has 2 atom stereocenters. The van der Waals surface area contributed by atoms with Crippen LogP contribution in [0.5, 0.6) is 0 Å². The van der Waals surface area contributed by atoms with Gasteiger partial charge in [0.15, 0.2) is 0 Å². The Kier molecular flexibility index (Phi) is 5.30. The maximum Gasteiger partial charge on any atom is 0.253 e. The fraction of sp³-hybridized carbons (Fsp3) is 0.706. The molecule has 2 heterocycles. The number of hydrazine groups is 1. The molecule has 2 aliphatic rings. The van der Waals surface area contributed by atoms with Gasteiger partial charge in [0.1, 0.15) is 0 Å². The van der Waals surface area contributed by atoms with E-state index in [1.54, 1.807) is 17.0 Å². The minimum atomic E-state index is -0.0353. The molecule has 3 rings (SSSR count). The Bertz CT molecular complexity index is 630. The second-order valence-electron chi connectivity index (χ2n) is 7.04. The Hall–Kier alpha value is -1.73. The average Bonchev–Trinajstić information content (AvgIpc) is 3.34. The van der Waals surface area contributed by atoms with Crippen molar-refractivity contribution in [3.8, 4) is 0 Å². The van der Waals surface area contributed by atoms with Crippen LogP contribution in [0.25, 0.3) is 0 Å². The lowest BCUT2D eigenvalue weighted by Gasteiger charge is -2.17. The third-order valence-electron chi connectivity index (χ3n) is 5.10. The van der Waals surface area contributed by atoms with E-state index in [1.807, 2.05) is 0 Å². The summed E-state index contributed by atoms with van der Waals surface area (Å²) in [5, 5.41) is 2.89. The molecule has 2 fully saturated rings. The smallest absolute Gasteiger partial charge is 0.253 e. The Morgan fingerprint density at radius 2 is 2.04 bits per heavy atom. The third kappa shape index (κ3) is 4.21. The van der Waals surface area contributed by atoms with Crippen molar-refractivity contribution in [2.45, 2.75) is 64.1 Å². The van der Waals surface area contributed by atoms with E-state index >= 15 is 0 Å². The number of rotatable bonds is 7. The van der Waals surface area contributed by atoms with Crippen molar-refractivity contribution in [1.82, 2.24) is 25.7 Å². The summed E-state index contributed by atoms with van der Waals surface area (Å²) in [7, 11) is 0. The molecular weight excluding hydrogens is 306 g/mol. The van der Waals surface area contributed by atoms with Gasteiger partial charge in [-0.3, -0.25) is 25.0 Å². The monoisotopic (exact) mass is 333 g/mol.